The van der Waals surface area contributed by atoms with Crippen LogP contribution in [0.25, 0.3) is 0 Å². The van der Waals surface area contributed by atoms with Crippen LogP contribution in [0, 0.1) is 17.2 Å². The maximum atomic E-state index is 11.5. The molecule has 0 rings (SSSR count). The highest BCUT2D eigenvalue weighted by Gasteiger charge is 2.20. The molecule has 0 amide bonds. The standard InChI is InChI=1S/C8H17N3O2S/c1-7(2)11(4)14(12,13)10-6-8(3)5-9/h7-8,10H,6H2,1-4H3. The van der Waals surface area contributed by atoms with Crippen molar-refractivity contribution < 1.29 is 8.42 Å². The number of hydrogen-bond acceptors (Lipinski definition) is 3. The molecule has 0 aromatic carbocycles. The predicted octanol–water partition coefficient (Wildman–Crippen LogP) is 0.321. The van der Waals surface area contributed by atoms with Crippen LogP contribution in [0.1, 0.15) is 20.8 Å². The fourth-order valence-electron chi connectivity index (χ4n) is 0.655. The summed E-state index contributed by atoms with van der Waals surface area (Å²) in [6.07, 6.45) is 0. The van der Waals surface area contributed by atoms with E-state index in [2.05, 4.69) is 4.72 Å². The van der Waals surface area contributed by atoms with Gasteiger partial charge >= 0.3 is 0 Å². The van der Waals surface area contributed by atoms with Crippen molar-refractivity contribution in [3.8, 4) is 6.07 Å². The Morgan fingerprint density at radius 3 is 2.29 bits per heavy atom. The number of nitrogens with zero attached hydrogens (tertiary/aromatic N) is 2. The minimum absolute atomic E-state index is 0.0927. The van der Waals surface area contributed by atoms with Crippen LogP contribution in [0.4, 0.5) is 0 Å². The number of hydrogen-bond donors (Lipinski definition) is 1. The van der Waals surface area contributed by atoms with E-state index in [4.69, 9.17) is 5.26 Å². The van der Waals surface area contributed by atoms with Crippen LogP contribution in [-0.2, 0) is 10.2 Å². The second kappa shape index (κ2) is 5.29. The van der Waals surface area contributed by atoms with Gasteiger partial charge in [-0.1, -0.05) is 0 Å². The topological polar surface area (TPSA) is 73.2 Å². The molecule has 0 spiro atoms. The molecule has 1 unspecified atom stereocenters. The molecule has 6 heteroatoms. The zero-order valence-corrected chi connectivity index (χ0v) is 9.80. The first-order valence-corrected chi connectivity index (χ1v) is 5.87. The van der Waals surface area contributed by atoms with Crippen molar-refractivity contribution in [2.45, 2.75) is 26.8 Å². The summed E-state index contributed by atoms with van der Waals surface area (Å²) in [4.78, 5) is 0. The molecule has 0 aliphatic carbocycles. The Morgan fingerprint density at radius 2 is 1.93 bits per heavy atom. The summed E-state index contributed by atoms with van der Waals surface area (Å²) in [5, 5.41) is 8.48. The van der Waals surface area contributed by atoms with E-state index in [0.29, 0.717) is 0 Å². The van der Waals surface area contributed by atoms with Crippen molar-refractivity contribution in [3.05, 3.63) is 0 Å². The van der Waals surface area contributed by atoms with Gasteiger partial charge in [0.05, 0.1) is 12.0 Å². The van der Waals surface area contributed by atoms with Gasteiger partial charge in [-0.3, -0.25) is 0 Å². The van der Waals surface area contributed by atoms with E-state index < -0.39 is 10.2 Å². The Hall–Kier alpha value is -0.640. The van der Waals surface area contributed by atoms with Crippen molar-refractivity contribution in [2.24, 2.45) is 5.92 Å². The van der Waals surface area contributed by atoms with Gasteiger partial charge in [-0.25, -0.2) is 4.72 Å². The first-order chi connectivity index (χ1) is 6.31. The van der Waals surface area contributed by atoms with Gasteiger partial charge in [0.15, 0.2) is 0 Å². The van der Waals surface area contributed by atoms with Gasteiger partial charge in [0, 0.05) is 19.6 Å². The van der Waals surface area contributed by atoms with Gasteiger partial charge in [-0.2, -0.15) is 18.0 Å². The lowest BCUT2D eigenvalue weighted by Crippen LogP contribution is -2.43. The highest BCUT2D eigenvalue weighted by Crippen LogP contribution is 2.01. The molecular formula is C8H17N3O2S. The molecule has 0 fully saturated rings. The maximum Gasteiger partial charge on any atom is 0.279 e. The van der Waals surface area contributed by atoms with E-state index in [0.717, 1.165) is 0 Å². The van der Waals surface area contributed by atoms with E-state index in [9.17, 15) is 8.42 Å². The van der Waals surface area contributed by atoms with Crippen LogP contribution in [0.5, 0.6) is 0 Å². The lowest BCUT2D eigenvalue weighted by molar-refractivity contribution is 0.401. The van der Waals surface area contributed by atoms with Crippen molar-refractivity contribution in [1.82, 2.24) is 9.03 Å². The number of rotatable bonds is 5. The molecule has 1 atom stereocenters. The summed E-state index contributed by atoms with van der Waals surface area (Å²) in [5.41, 5.74) is 0. The second-order valence-corrected chi connectivity index (χ2v) is 5.31. The smallest absolute Gasteiger partial charge is 0.201 e. The Kier molecular flexibility index (Phi) is 5.05. The van der Waals surface area contributed by atoms with Crippen molar-refractivity contribution in [3.63, 3.8) is 0 Å². The molecule has 0 radical (unpaired) electrons. The van der Waals surface area contributed by atoms with E-state index in [1.807, 2.05) is 6.07 Å². The zero-order chi connectivity index (χ0) is 11.4. The molecule has 0 saturated heterocycles. The van der Waals surface area contributed by atoms with Crippen LogP contribution in [0.3, 0.4) is 0 Å². The number of nitriles is 1. The molecule has 0 aliphatic heterocycles. The van der Waals surface area contributed by atoms with Crippen LogP contribution in [0.2, 0.25) is 0 Å². The molecule has 82 valence electrons. The van der Waals surface area contributed by atoms with Gasteiger partial charge in [0.2, 0.25) is 0 Å². The molecule has 0 aliphatic rings. The van der Waals surface area contributed by atoms with Crippen LogP contribution in [0.15, 0.2) is 0 Å². The van der Waals surface area contributed by atoms with E-state index >= 15 is 0 Å². The van der Waals surface area contributed by atoms with Gasteiger partial charge < -0.3 is 0 Å². The predicted molar refractivity (Wildman–Crippen MR) is 54.6 cm³/mol. The Bertz CT molecular complexity index is 305. The third kappa shape index (κ3) is 4.05. The van der Waals surface area contributed by atoms with Crippen molar-refractivity contribution in [1.29, 1.82) is 5.26 Å². The van der Waals surface area contributed by atoms with Gasteiger partial charge in [0.25, 0.3) is 10.2 Å². The third-order valence-electron chi connectivity index (χ3n) is 1.90. The Labute approximate surface area is 85.9 Å². The normalized spacial score (nSPS) is 14.4. The van der Waals surface area contributed by atoms with Crippen molar-refractivity contribution in [2.75, 3.05) is 13.6 Å². The summed E-state index contributed by atoms with van der Waals surface area (Å²) in [6.45, 7) is 5.38. The van der Waals surface area contributed by atoms with Crippen LogP contribution < -0.4 is 4.72 Å². The molecule has 1 N–H and O–H groups in total. The van der Waals surface area contributed by atoms with Crippen molar-refractivity contribution >= 4 is 10.2 Å². The first-order valence-electron chi connectivity index (χ1n) is 4.43. The maximum absolute atomic E-state index is 11.5. The highest BCUT2D eigenvalue weighted by atomic mass is 32.2. The summed E-state index contributed by atoms with van der Waals surface area (Å²) in [6, 6.07) is 1.87. The molecule has 0 saturated carbocycles. The minimum Gasteiger partial charge on any atom is -0.201 e. The quantitative estimate of drug-likeness (QED) is 0.723. The van der Waals surface area contributed by atoms with Crippen LogP contribution in [-0.4, -0.2) is 32.4 Å². The molecule has 0 bridgehead atoms. The molecule has 0 heterocycles. The molecule has 0 aromatic heterocycles. The first kappa shape index (κ1) is 13.4. The molecule has 14 heavy (non-hydrogen) atoms. The lowest BCUT2D eigenvalue weighted by Gasteiger charge is -2.21. The lowest BCUT2D eigenvalue weighted by atomic mass is 10.2. The van der Waals surface area contributed by atoms with Gasteiger partial charge in [-0.05, 0) is 20.8 Å². The second-order valence-electron chi connectivity index (χ2n) is 3.49. The zero-order valence-electron chi connectivity index (χ0n) is 8.98. The van der Waals surface area contributed by atoms with E-state index in [-0.39, 0.29) is 18.5 Å². The van der Waals surface area contributed by atoms with E-state index in [1.165, 1.54) is 11.4 Å². The number of nitrogens with one attached hydrogen (secondary N) is 1. The van der Waals surface area contributed by atoms with Gasteiger partial charge in [0.1, 0.15) is 0 Å². The summed E-state index contributed by atoms with van der Waals surface area (Å²) < 4.78 is 26.6. The summed E-state index contributed by atoms with van der Waals surface area (Å²) in [5.74, 6) is -0.315. The molecular weight excluding hydrogens is 202 g/mol. The molecule has 5 nitrogen and oxygen atoms in total. The highest BCUT2D eigenvalue weighted by molar-refractivity contribution is 7.87. The van der Waals surface area contributed by atoms with E-state index in [1.54, 1.807) is 20.8 Å². The van der Waals surface area contributed by atoms with Gasteiger partial charge in [-0.15, -0.1) is 0 Å². The average Bonchev–Trinajstić information content (AvgIpc) is 2.12. The molecule has 0 aromatic rings. The monoisotopic (exact) mass is 219 g/mol. The minimum atomic E-state index is -3.43. The SMILES string of the molecule is CC(C#N)CNS(=O)(=O)N(C)C(C)C. The Morgan fingerprint density at radius 1 is 1.43 bits per heavy atom. The third-order valence-corrected chi connectivity index (χ3v) is 3.61. The Balaban J connectivity index is 4.31. The fraction of sp³-hybridized carbons (Fsp3) is 0.875. The largest absolute Gasteiger partial charge is 0.279 e. The summed E-state index contributed by atoms with van der Waals surface area (Å²) >= 11 is 0. The fourth-order valence-corrected chi connectivity index (χ4v) is 1.87. The summed E-state index contributed by atoms with van der Waals surface area (Å²) in [7, 11) is -1.93. The van der Waals surface area contributed by atoms with Crippen LogP contribution >= 0.6 is 0 Å². The average molecular weight is 219 g/mol.